The molecular weight excluding hydrogens is 294 g/mol. The molecule has 0 spiro atoms. The Hall–Kier alpha value is -2.32. The number of nitrogens with zero attached hydrogens (tertiary/aromatic N) is 2. The van der Waals surface area contributed by atoms with Crippen LogP contribution in [0.25, 0.3) is 0 Å². The molecule has 0 saturated carbocycles. The monoisotopic (exact) mass is 315 g/mol. The first-order valence-corrected chi connectivity index (χ1v) is 6.90. The summed E-state index contributed by atoms with van der Waals surface area (Å²) in [6, 6.07) is 0. The van der Waals surface area contributed by atoms with Gasteiger partial charge < -0.3 is 9.47 Å². The molecule has 0 aromatic heterocycles. The van der Waals surface area contributed by atoms with Crippen molar-refractivity contribution in [2.75, 3.05) is 26.2 Å². The Labute approximate surface area is 128 Å². The maximum atomic E-state index is 11.9. The van der Waals surface area contributed by atoms with Crippen LogP contribution in [0.5, 0.6) is 0 Å². The van der Waals surface area contributed by atoms with E-state index in [0.717, 1.165) is 5.01 Å². The van der Waals surface area contributed by atoms with Crippen molar-refractivity contribution in [3.8, 4) is 0 Å². The van der Waals surface area contributed by atoms with Gasteiger partial charge >= 0.3 is 18.0 Å². The zero-order chi connectivity index (χ0) is 16.9. The molecule has 0 unspecified atom stereocenters. The van der Waals surface area contributed by atoms with Crippen LogP contribution in [-0.4, -0.2) is 65.6 Å². The smallest absolute Gasteiger partial charge is 0.410 e. The molecule has 0 aromatic carbocycles. The summed E-state index contributed by atoms with van der Waals surface area (Å²) >= 11 is 0. The molecule has 1 aliphatic heterocycles. The fraction of sp³-hybridized carbons (Fsp3) is 0.692. The van der Waals surface area contributed by atoms with Crippen LogP contribution in [0, 0.1) is 0 Å². The Morgan fingerprint density at radius 2 is 1.86 bits per heavy atom. The summed E-state index contributed by atoms with van der Waals surface area (Å²) in [5.41, 5.74) is 1.50. The van der Waals surface area contributed by atoms with E-state index in [0.29, 0.717) is 0 Å². The van der Waals surface area contributed by atoms with Crippen LogP contribution in [0.15, 0.2) is 0 Å². The van der Waals surface area contributed by atoms with Gasteiger partial charge in [0.05, 0.1) is 13.2 Å². The predicted molar refractivity (Wildman–Crippen MR) is 74.3 cm³/mol. The summed E-state index contributed by atoms with van der Waals surface area (Å²) in [5.74, 6) is -2.61. The molecule has 0 atom stereocenters. The standard InChI is InChI=1S/C13H21N3O6/c1-5-21-11(19)10(18)14-16-7-6-15(8-9(16)17)12(20)22-13(2,3)4/h5-8H2,1-4H3,(H,14,18). The number of nitrogens with one attached hydrogen (secondary N) is 1. The summed E-state index contributed by atoms with van der Waals surface area (Å²) < 4.78 is 9.69. The molecule has 3 amide bonds. The fourth-order valence-electron chi connectivity index (χ4n) is 1.64. The quantitative estimate of drug-likeness (QED) is 0.552. The van der Waals surface area contributed by atoms with E-state index < -0.39 is 29.5 Å². The minimum Gasteiger partial charge on any atom is -0.459 e. The number of piperazine rings is 1. The van der Waals surface area contributed by atoms with Crippen molar-refractivity contribution in [1.82, 2.24) is 15.3 Å². The number of hydrogen-bond acceptors (Lipinski definition) is 6. The van der Waals surface area contributed by atoms with Gasteiger partial charge in [0.15, 0.2) is 0 Å². The lowest BCUT2D eigenvalue weighted by Crippen LogP contribution is -2.59. The second kappa shape index (κ2) is 7.10. The van der Waals surface area contributed by atoms with Crippen molar-refractivity contribution in [1.29, 1.82) is 0 Å². The SMILES string of the molecule is CCOC(=O)C(=O)NN1CCN(C(=O)OC(C)(C)C)CC1=O. The number of amides is 3. The zero-order valence-electron chi connectivity index (χ0n) is 13.2. The normalized spacial score (nSPS) is 15.4. The molecule has 1 fully saturated rings. The summed E-state index contributed by atoms with van der Waals surface area (Å²) in [6.45, 7) is 6.81. The van der Waals surface area contributed by atoms with Crippen molar-refractivity contribution in [3.63, 3.8) is 0 Å². The van der Waals surface area contributed by atoms with Crippen molar-refractivity contribution in [2.24, 2.45) is 0 Å². The molecule has 9 heteroatoms. The van der Waals surface area contributed by atoms with Gasteiger partial charge in [-0.05, 0) is 27.7 Å². The highest BCUT2D eigenvalue weighted by Gasteiger charge is 2.32. The predicted octanol–water partition coefficient (Wildman–Crippen LogP) is -0.340. The van der Waals surface area contributed by atoms with Gasteiger partial charge in [-0.2, -0.15) is 0 Å². The maximum absolute atomic E-state index is 11.9. The Balaban J connectivity index is 2.53. The summed E-state index contributed by atoms with van der Waals surface area (Å²) in [4.78, 5) is 47.7. The van der Waals surface area contributed by atoms with Crippen molar-refractivity contribution in [2.45, 2.75) is 33.3 Å². The number of hydrazine groups is 1. The number of hydrogen-bond donors (Lipinski definition) is 1. The largest absolute Gasteiger partial charge is 0.459 e. The van der Waals surface area contributed by atoms with E-state index in [2.05, 4.69) is 10.2 Å². The highest BCUT2D eigenvalue weighted by molar-refractivity contribution is 6.32. The van der Waals surface area contributed by atoms with Crippen LogP contribution >= 0.6 is 0 Å². The van der Waals surface area contributed by atoms with Crippen molar-refractivity contribution >= 4 is 23.9 Å². The highest BCUT2D eigenvalue weighted by atomic mass is 16.6. The third kappa shape index (κ3) is 5.23. The van der Waals surface area contributed by atoms with Gasteiger partial charge in [-0.1, -0.05) is 0 Å². The van der Waals surface area contributed by atoms with Crippen molar-refractivity contribution < 1.29 is 28.7 Å². The molecule has 0 radical (unpaired) electrons. The zero-order valence-corrected chi connectivity index (χ0v) is 13.2. The van der Waals surface area contributed by atoms with Crippen LogP contribution < -0.4 is 5.43 Å². The molecule has 1 rings (SSSR count). The first kappa shape index (κ1) is 17.7. The Morgan fingerprint density at radius 3 is 2.36 bits per heavy atom. The number of ether oxygens (including phenoxy) is 2. The van der Waals surface area contributed by atoms with Gasteiger partial charge in [0.2, 0.25) is 0 Å². The third-order valence-electron chi connectivity index (χ3n) is 2.57. The van der Waals surface area contributed by atoms with Gasteiger partial charge in [0, 0.05) is 6.54 Å². The van der Waals surface area contributed by atoms with E-state index in [-0.39, 0.29) is 26.2 Å². The number of carbonyl (C=O) groups excluding carboxylic acids is 4. The van der Waals surface area contributed by atoms with Crippen molar-refractivity contribution in [3.05, 3.63) is 0 Å². The second-order valence-electron chi connectivity index (χ2n) is 5.61. The minimum absolute atomic E-state index is 0.0588. The molecule has 124 valence electrons. The number of carbonyl (C=O) groups is 4. The van der Waals surface area contributed by atoms with Crippen LogP contribution in [-0.2, 0) is 23.9 Å². The molecule has 1 N–H and O–H groups in total. The molecule has 1 heterocycles. The lowest BCUT2D eigenvalue weighted by Gasteiger charge is -2.34. The van der Waals surface area contributed by atoms with E-state index in [1.54, 1.807) is 27.7 Å². The van der Waals surface area contributed by atoms with Gasteiger partial charge in [-0.25, -0.2) is 9.59 Å². The maximum Gasteiger partial charge on any atom is 0.410 e. The van der Waals surface area contributed by atoms with Gasteiger partial charge in [-0.15, -0.1) is 0 Å². The summed E-state index contributed by atoms with van der Waals surface area (Å²) in [5, 5.41) is 0.986. The molecule has 1 aliphatic rings. The lowest BCUT2D eigenvalue weighted by atomic mass is 10.2. The fourth-order valence-corrected chi connectivity index (χ4v) is 1.64. The molecule has 22 heavy (non-hydrogen) atoms. The first-order chi connectivity index (χ1) is 10.1. The third-order valence-corrected chi connectivity index (χ3v) is 2.57. The van der Waals surface area contributed by atoms with Crippen LogP contribution in [0.1, 0.15) is 27.7 Å². The van der Waals surface area contributed by atoms with Gasteiger partial charge in [0.25, 0.3) is 5.91 Å². The minimum atomic E-state index is -1.06. The summed E-state index contributed by atoms with van der Waals surface area (Å²) in [7, 11) is 0. The first-order valence-electron chi connectivity index (χ1n) is 6.90. The molecule has 0 aromatic rings. The van der Waals surface area contributed by atoms with Gasteiger partial charge in [0.1, 0.15) is 12.1 Å². The Kier molecular flexibility index (Phi) is 5.72. The van der Waals surface area contributed by atoms with Gasteiger partial charge in [-0.3, -0.25) is 24.9 Å². The molecule has 0 aliphatic carbocycles. The average molecular weight is 315 g/mol. The van der Waals surface area contributed by atoms with E-state index in [9.17, 15) is 19.2 Å². The molecule has 9 nitrogen and oxygen atoms in total. The van der Waals surface area contributed by atoms with Crippen LogP contribution in [0.4, 0.5) is 4.79 Å². The summed E-state index contributed by atoms with van der Waals surface area (Å²) in [6.07, 6.45) is -0.600. The molecular formula is C13H21N3O6. The van der Waals surface area contributed by atoms with E-state index in [1.807, 2.05) is 0 Å². The number of esters is 1. The Morgan fingerprint density at radius 1 is 1.23 bits per heavy atom. The van der Waals surface area contributed by atoms with Crippen LogP contribution in [0.3, 0.4) is 0 Å². The lowest BCUT2D eigenvalue weighted by molar-refractivity contribution is -0.159. The van der Waals surface area contributed by atoms with Crippen LogP contribution in [0.2, 0.25) is 0 Å². The number of rotatable bonds is 2. The Bertz CT molecular complexity index is 471. The van der Waals surface area contributed by atoms with E-state index in [1.165, 1.54) is 4.90 Å². The van der Waals surface area contributed by atoms with E-state index in [4.69, 9.17) is 4.74 Å². The average Bonchev–Trinajstić information content (AvgIpc) is 2.39. The molecule has 0 bridgehead atoms. The topological polar surface area (TPSA) is 105 Å². The molecule has 1 saturated heterocycles. The van der Waals surface area contributed by atoms with E-state index >= 15 is 0 Å². The second-order valence-corrected chi connectivity index (χ2v) is 5.61. The highest BCUT2D eigenvalue weighted by Crippen LogP contribution is 2.11.